The maximum Gasteiger partial charge on any atom is 0.335 e. The van der Waals surface area contributed by atoms with Gasteiger partial charge in [-0.25, -0.2) is 4.79 Å². The van der Waals surface area contributed by atoms with E-state index in [4.69, 9.17) is 9.84 Å². The molecule has 0 aromatic heterocycles. The Morgan fingerprint density at radius 2 is 2.00 bits per heavy atom. The second-order valence-electron chi connectivity index (χ2n) is 5.29. The van der Waals surface area contributed by atoms with Crippen LogP contribution < -0.4 is 10.6 Å². The SMILES string of the molecule is CC(=O)NC1=CC=C2OC(c3ccc(C(=O)O)cc3)NC2C1. The molecule has 2 unspecified atom stereocenters. The van der Waals surface area contributed by atoms with E-state index < -0.39 is 5.97 Å². The standard InChI is InChI=1S/C16H16N2O4/c1-9(19)17-12-6-7-14-13(8-12)18-15(22-14)10-2-4-11(5-3-10)16(20)21/h2-7,13,15,18H,8H2,1H3,(H,17,19)(H,20,21). The van der Waals surface area contributed by atoms with Gasteiger partial charge in [-0.2, -0.15) is 0 Å². The van der Waals surface area contributed by atoms with Gasteiger partial charge in [0.15, 0.2) is 6.23 Å². The Morgan fingerprint density at radius 3 is 2.64 bits per heavy atom. The fourth-order valence-electron chi connectivity index (χ4n) is 2.59. The lowest BCUT2D eigenvalue weighted by Crippen LogP contribution is -2.31. The maximum atomic E-state index is 11.1. The molecule has 2 aliphatic rings. The van der Waals surface area contributed by atoms with Gasteiger partial charge in [0.2, 0.25) is 5.91 Å². The molecule has 22 heavy (non-hydrogen) atoms. The van der Waals surface area contributed by atoms with Gasteiger partial charge < -0.3 is 15.2 Å². The van der Waals surface area contributed by atoms with Crippen molar-refractivity contribution < 1.29 is 19.4 Å². The molecule has 1 aromatic rings. The van der Waals surface area contributed by atoms with Gasteiger partial charge in [0, 0.05) is 24.6 Å². The van der Waals surface area contributed by atoms with Gasteiger partial charge in [0.25, 0.3) is 0 Å². The lowest BCUT2D eigenvalue weighted by molar-refractivity contribution is -0.118. The average molecular weight is 300 g/mol. The molecular weight excluding hydrogens is 284 g/mol. The van der Waals surface area contributed by atoms with Crippen molar-refractivity contribution >= 4 is 11.9 Å². The van der Waals surface area contributed by atoms with Crippen LogP contribution in [0.15, 0.2) is 47.9 Å². The molecule has 0 radical (unpaired) electrons. The van der Waals surface area contributed by atoms with Crippen LogP contribution in [0, 0.1) is 0 Å². The number of carbonyl (C=O) groups is 2. The second kappa shape index (κ2) is 5.65. The van der Waals surface area contributed by atoms with Crippen molar-refractivity contribution in [3.63, 3.8) is 0 Å². The van der Waals surface area contributed by atoms with Crippen molar-refractivity contribution in [2.75, 3.05) is 0 Å². The smallest absolute Gasteiger partial charge is 0.335 e. The topological polar surface area (TPSA) is 87.7 Å². The quantitative estimate of drug-likeness (QED) is 0.790. The molecule has 6 heteroatoms. The zero-order valence-corrected chi connectivity index (χ0v) is 12.0. The largest absolute Gasteiger partial charge is 0.478 e. The molecule has 1 fully saturated rings. The first-order valence-electron chi connectivity index (χ1n) is 6.97. The highest BCUT2D eigenvalue weighted by atomic mass is 16.5. The fraction of sp³-hybridized carbons (Fsp3) is 0.250. The minimum atomic E-state index is -0.952. The third-order valence-electron chi connectivity index (χ3n) is 3.62. The molecular formula is C16H16N2O4. The van der Waals surface area contributed by atoms with E-state index in [0.717, 1.165) is 17.0 Å². The number of carboxylic acids is 1. The van der Waals surface area contributed by atoms with Gasteiger partial charge >= 0.3 is 5.97 Å². The van der Waals surface area contributed by atoms with E-state index in [1.54, 1.807) is 24.3 Å². The Morgan fingerprint density at radius 1 is 1.27 bits per heavy atom. The molecule has 1 aromatic carbocycles. The predicted molar refractivity (Wildman–Crippen MR) is 78.8 cm³/mol. The summed E-state index contributed by atoms with van der Waals surface area (Å²) in [7, 11) is 0. The summed E-state index contributed by atoms with van der Waals surface area (Å²) in [6.45, 7) is 1.48. The highest BCUT2D eigenvalue weighted by Crippen LogP contribution is 2.32. The summed E-state index contributed by atoms with van der Waals surface area (Å²) in [5.41, 5.74) is 1.95. The molecule has 0 bridgehead atoms. The van der Waals surface area contributed by atoms with Crippen LogP contribution in [-0.2, 0) is 9.53 Å². The van der Waals surface area contributed by atoms with E-state index >= 15 is 0 Å². The van der Waals surface area contributed by atoms with Gasteiger partial charge in [0.1, 0.15) is 5.76 Å². The number of carboxylic acid groups (broad SMARTS) is 1. The van der Waals surface area contributed by atoms with Crippen LogP contribution in [-0.4, -0.2) is 23.0 Å². The van der Waals surface area contributed by atoms with Crippen LogP contribution in [0.25, 0.3) is 0 Å². The molecule has 114 valence electrons. The third-order valence-corrected chi connectivity index (χ3v) is 3.62. The molecule has 3 N–H and O–H groups in total. The fourth-order valence-corrected chi connectivity index (χ4v) is 2.59. The summed E-state index contributed by atoms with van der Waals surface area (Å²) in [5.74, 6) is -0.225. The van der Waals surface area contributed by atoms with Crippen LogP contribution in [0.2, 0.25) is 0 Å². The zero-order chi connectivity index (χ0) is 15.7. The Hall–Kier alpha value is -2.60. The van der Waals surface area contributed by atoms with Crippen molar-refractivity contribution in [1.82, 2.24) is 10.6 Å². The van der Waals surface area contributed by atoms with E-state index in [-0.39, 0.29) is 23.7 Å². The van der Waals surface area contributed by atoms with Gasteiger partial charge in [-0.1, -0.05) is 12.1 Å². The first-order chi connectivity index (χ1) is 10.5. The van der Waals surface area contributed by atoms with Crippen LogP contribution in [0.3, 0.4) is 0 Å². The first kappa shape index (κ1) is 14.3. The number of ether oxygens (including phenoxy) is 1. The summed E-state index contributed by atoms with van der Waals surface area (Å²) in [4.78, 5) is 22.0. The minimum absolute atomic E-state index is 0.0102. The molecule has 1 aliphatic heterocycles. The minimum Gasteiger partial charge on any atom is -0.478 e. The lowest BCUT2D eigenvalue weighted by Gasteiger charge is -2.16. The molecule has 3 rings (SSSR count). The third kappa shape index (κ3) is 2.87. The monoisotopic (exact) mass is 300 g/mol. The highest BCUT2D eigenvalue weighted by molar-refractivity contribution is 5.87. The molecule has 1 amide bonds. The molecule has 1 saturated heterocycles. The van der Waals surface area contributed by atoms with Crippen molar-refractivity contribution in [3.8, 4) is 0 Å². The first-order valence-corrected chi connectivity index (χ1v) is 6.97. The number of carbonyl (C=O) groups excluding carboxylic acids is 1. The number of nitrogens with one attached hydrogen (secondary N) is 2. The Bertz CT molecular complexity index is 676. The number of amides is 1. The van der Waals surface area contributed by atoms with Gasteiger partial charge in [-0.05, 0) is 24.3 Å². The number of hydrogen-bond donors (Lipinski definition) is 3. The molecule has 6 nitrogen and oxygen atoms in total. The molecule has 1 heterocycles. The van der Waals surface area contributed by atoms with E-state index in [2.05, 4.69) is 10.6 Å². The number of allylic oxidation sites excluding steroid dienone is 2. The van der Waals surface area contributed by atoms with E-state index in [9.17, 15) is 9.59 Å². The van der Waals surface area contributed by atoms with Crippen molar-refractivity contribution in [2.24, 2.45) is 0 Å². The van der Waals surface area contributed by atoms with Gasteiger partial charge in [-0.15, -0.1) is 0 Å². The van der Waals surface area contributed by atoms with Crippen LogP contribution in [0.5, 0.6) is 0 Å². The van der Waals surface area contributed by atoms with Crippen LogP contribution in [0.4, 0.5) is 0 Å². The maximum absolute atomic E-state index is 11.1. The van der Waals surface area contributed by atoms with Crippen LogP contribution in [0.1, 0.15) is 35.5 Å². The average Bonchev–Trinajstić information content (AvgIpc) is 2.90. The number of hydrogen-bond acceptors (Lipinski definition) is 4. The van der Waals surface area contributed by atoms with Crippen molar-refractivity contribution in [3.05, 3.63) is 59.0 Å². The van der Waals surface area contributed by atoms with E-state index in [1.807, 2.05) is 12.2 Å². The molecule has 0 saturated carbocycles. The highest BCUT2D eigenvalue weighted by Gasteiger charge is 2.33. The molecule has 0 spiro atoms. The van der Waals surface area contributed by atoms with Crippen molar-refractivity contribution in [2.45, 2.75) is 25.6 Å². The van der Waals surface area contributed by atoms with Crippen molar-refractivity contribution in [1.29, 1.82) is 0 Å². The van der Waals surface area contributed by atoms with Gasteiger partial charge in [-0.3, -0.25) is 10.1 Å². The van der Waals surface area contributed by atoms with Gasteiger partial charge in [0.05, 0.1) is 11.6 Å². The number of benzene rings is 1. The molecule has 2 atom stereocenters. The Labute approximate surface area is 127 Å². The summed E-state index contributed by atoms with van der Waals surface area (Å²) in [6.07, 6.45) is 4.02. The number of rotatable bonds is 3. The number of fused-ring (bicyclic) bond motifs is 1. The van der Waals surface area contributed by atoms with E-state index in [0.29, 0.717) is 6.42 Å². The summed E-state index contributed by atoms with van der Waals surface area (Å²) >= 11 is 0. The van der Waals surface area contributed by atoms with Crippen LogP contribution >= 0.6 is 0 Å². The zero-order valence-electron chi connectivity index (χ0n) is 12.0. The van der Waals surface area contributed by atoms with E-state index in [1.165, 1.54) is 6.92 Å². The predicted octanol–water partition coefficient (Wildman–Crippen LogP) is 1.68. The molecule has 1 aliphatic carbocycles. The Kier molecular flexibility index (Phi) is 3.68. The second-order valence-corrected chi connectivity index (χ2v) is 5.29. The summed E-state index contributed by atoms with van der Waals surface area (Å²) < 4.78 is 5.85. The normalized spacial score (nSPS) is 23.0. The Balaban J connectivity index is 1.70. The summed E-state index contributed by atoms with van der Waals surface area (Å²) in [6, 6.07) is 6.60. The summed E-state index contributed by atoms with van der Waals surface area (Å²) in [5, 5.41) is 15.0. The lowest BCUT2D eigenvalue weighted by atomic mass is 10.0. The number of aromatic carboxylic acids is 1.